The Morgan fingerprint density at radius 1 is 1.33 bits per heavy atom. The van der Waals surface area contributed by atoms with E-state index in [1.165, 1.54) is 15.4 Å². The quantitative estimate of drug-likeness (QED) is 0.892. The van der Waals surface area contributed by atoms with Crippen LogP contribution in [0, 0.1) is 13.8 Å². The molecule has 4 heteroatoms. The van der Waals surface area contributed by atoms with Gasteiger partial charge >= 0.3 is 0 Å². The van der Waals surface area contributed by atoms with Crippen LogP contribution in [0.15, 0.2) is 17.5 Å². The van der Waals surface area contributed by atoms with Crippen LogP contribution in [0.1, 0.15) is 40.3 Å². The van der Waals surface area contributed by atoms with Gasteiger partial charge in [-0.3, -0.25) is 0 Å². The first kappa shape index (κ1) is 13.7. The first-order valence-electron chi connectivity index (χ1n) is 6.28. The van der Waals surface area contributed by atoms with Gasteiger partial charge in [-0.25, -0.2) is 4.98 Å². The summed E-state index contributed by atoms with van der Waals surface area (Å²) < 4.78 is 0. The molecule has 0 aliphatic heterocycles. The highest BCUT2D eigenvalue weighted by Gasteiger charge is 2.15. The van der Waals surface area contributed by atoms with Crippen LogP contribution in [-0.4, -0.2) is 11.0 Å². The molecule has 0 fully saturated rings. The molecule has 2 atom stereocenters. The van der Waals surface area contributed by atoms with E-state index < -0.39 is 0 Å². The maximum atomic E-state index is 4.62. The van der Waals surface area contributed by atoms with Crippen LogP contribution in [0.25, 0.3) is 0 Å². The summed E-state index contributed by atoms with van der Waals surface area (Å²) in [5, 5.41) is 6.93. The number of hydrogen-bond acceptors (Lipinski definition) is 4. The SMILES string of the molecule is Cc1nc(C(C)NC(C)Cc2cccs2)c(C)s1. The monoisotopic (exact) mass is 280 g/mol. The lowest BCUT2D eigenvalue weighted by Gasteiger charge is -2.18. The lowest BCUT2D eigenvalue weighted by molar-refractivity contribution is 0.471. The van der Waals surface area contributed by atoms with Gasteiger partial charge in [0.1, 0.15) is 0 Å². The van der Waals surface area contributed by atoms with Crippen LogP contribution in [0.5, 0.6) is 0 Å². The second-order valence-electron chi connectivity index (χ2n) is 4.75. The van der Waals surface area contributed by atoms with Crippen molar-refractivity contribution in [3.63, 3.8) is 0 Å². The Morgan fingerprint density at radius 2 is 2.11 bits per heavy atom. The zero-order valence-corrected chi connectivity index (χ0v) is 13.0. The van der Waals surface area contributed by atoms with Crippen molar-refractivity contribution in [2.24, 2.45) is 0 Å². The van der Waals surface area contributed by atoms with E-state index >= 15 is 0 Å². The van der Waals surface area contributed by atoms with E-state index in [1.54, 1.807) is 11.3 Å². The van der Waals surface area contributed by atoms with Crippen molar-refractivity contribution >= 4 is 22.7 Å². The first-order chi connectivity index (χ1) is 8.56. The Hall–Kier alpha value is -0.710. The van der Waals surface area contributed by atoms with Gasteiger partial charge in [0.2, 0.25) is 0 Å². The van der Waals surface area contributed by atoms with Crippen LogP contribution in [0.4, 0.5) is 0 Å². The van der Waals surface area contributed by atoms with Gasteiger partial charge in [0.15, 0.2) is 0 Å². The molecule has 18 heavy (non-hydrogen) atoms. The van der Waals surface area contributed by atoms with Gasteiger partial charge in [0, 0.05) is 21.8 Å². The predicted molar refractivity (Wildman–Crippen MR) is 80.6 cm³/mol. The summed E-state index contributed by atoms with van der Waals surface area (Å²) >= 11 is 3.61. The van der Waals surface area contributed by atoms with Gasteiger partial charge in [-0.15, -0.1) is 22.7 Å². The highest BCUT2D eigenvalue weighted by atomic mass is 32.1. The van der Waals surface area contributed by atoms with Crippen molar-refractivity contribution in [1.29, 1.82) is 0 Å². The maximum absolute atomic E-state index is 4.62. The molecule has 2 rings (SSSR count). The molecule has 2 heterocycles. The van der Waals surface area contributed by atoms with Gasteiger partial charge in [0.25, 0.3) is 0 Å². The number of rotatable bonds is 5. The molecular formula is C14H20N2S2. The van der Waals surface area contributed by atoms with Crippen LogP contribution >= 0.6 is 22.7 Å². The lowest BCUT2D eigenvalue weighted by atomic mass is 10.1. The third-order valence-electron chi connectivity index (χ3n) is 2.97. The predicted octanol–water partition coefficient (Wildman–Crippen LogP) is 4.10. The second-order valence-corrected chi connectivity index (χ2v) is 7.19. The molecule has 2 aromatic rings. The molecule has 0 aromatic carbocycles. The van der Waals surface area contributed by atoms with Crippen molar-refractivity contribution in [3.8, 4) is 0 Å². The van der Waals surface area contributed by atoms with Crippen molar-refractivity contribution < 1.29 is 0 Å². The molecule has 98 valence electrons. The van der Waals surface area contributed by atoms with Crippen molar-refractivity contribution in [3.05, 3.63) is 38.0 Å². The first-order valence-corrected chi connectivity index (χ1v) is 7.98. The molecule has 0 radical (unpaired) electrons. The highest BCUT2D eigenvalue weighted by Crippen LogP contribution is 2.23. The van der Waals surface area contributed by atoms with Crippen LogP contribution in [-0.2, 0) is 6.42 Å². The Balaban J connectivity index is 1.94. The number of thiazole rings is 1. The lowest BCUT2D eigenvalue weighted by Crippen LogP contribution is -2.31. The highest BCUT2D eigenvalue weighted by molar-refractivity contribution is 7.11. The van der Waals surface area contributed by atoms with Crippen molar-refractivity contribution in [2.45, 2.75) is 46.2 Å². The van der Waals surface area contributed by atoms with Crippen molar-refractivity contribution in [1.82, 2.24) is 10.3 Å². The van der Waals surface area contributed by atoms with Crippen molar-refractivity contribution in [2.75, 3.05) is 0 Å². The Bertz CT molecular complexity index is 488. The molecule has 0 saturated heterocycles. The Kier molecular flexibility index (Phi) is 4.54. The second kappa shape index (κ2) is 5.95. The number of nitrogens with zero attached hydrogens (tertiary/aromatic N) is 1. The molecule has 2 nitrogen and oxygen atoms in total. The Morgan fingerprint density at radius 3 is 2.67 bits per heavy atom. The zero-order valence-electron chi connectivity index (χ0n) is 11.4. The van der Waals surface area contributed by atoms with E-state index in [0.717, 1.165) is 11.4 Å². The average Bonchev–Trinajstić information content (AvgIpc) is 2.88. The summed E-state index contributed by atoms with van der Waals surface area (Å²) in [5.41, 5.74) is 1.20. The summed E-state index contributed by atoms with van der Waals surface area (Å²) in [7, 11) is 0. The molecule has 0 spiro atoms. The smallest absolute Gasteiger partial charge is 0.0900 e. The van der Waals surface area contributed by atoms with E-state index in [9.17, 15) is 0 Å². The van der Waals surface area contributed by atoms with Crippen LogP contribution in [0.2, 0.25) is 0 Å². The number of hydrogen-bond donors (Lipinski definition) is 1. The van der Waals surface area contributed by atoms with Gasteiger partial charge in [-0.2, -0.15) is 0 Å². The number of nitrogens with one attached hydrogen (secondary N) is 1. The van der Waals surface area contributed by atoms with E-state index in [2.05, 4.69) is 55.5 Å². The molecule has 0 bridgehead atoms. The van der Waals surface area contributed by atoms with Gasteiger partial charge < -0.3 is 5.32 Å². The zero-order chi connectivity index (χ0) is 13.1. The molecular weight excluding hydrogens is 260 g/mol. The average molecular weight is 280 g/mol. The molecule has 1 N–H and O–H groups in total. The molecule has 0 saturated carbocycles. The fraction of sp³-hybridized carbons (Fsp3) is 0.500. The topological polar surface area (TPSA) is 24.9 Å². The summed E-state index contributed by atoms with van der Waals surface area (Å²) in [5.74, 6) is 0. The molecule has 0 aliphatic carbocycles. The minimum Gasteiger partial charge on any atom is -0.306 e. The summed E-state index contributed by atoms with van der Waals surface area (Å²) in [6, 6.07) is 5.11. The third kappa shape index (κ3) is 3.40. The fourth-order valence-electron chi connectivity index (χ4n) is 2.24. The van der Waals surface area contributed by atoms with E-state index in [0.29, 0.717) is 12.1 Å². The van der Waals surface area contributed by atoms with Gasteiger partial charge in [0.05, 0.1) is 10.7 Å². The van der Waals surface area contributed by atoms with Gasteiger partial charge in [-0.05, 0) is 45.6 Å². The molecule has 2 unspecified atom stereocenters. The number of aryl methyl sites for hydroxylation is 2. The van der Waals surface area contributed by atoms with Crippen LogP contribution < -0.4 is 5.32 Å². The summed E-state index contributed by atoms with van der Waals surface area (Å²) in [4.78, 5) is 7.39. The minimum absolute atomic E-state index is 0.324. The standard InChI is InChI=1S/C14H20N2S2/c1-9(8-13-6-5-7-17-13)15-10(2)14-11(3)18-12(4)16-14/h5-7,9-10,15H,8H2,1-4H3. The number of thiophene rings is 1. The van der Waals surface area contributed by atoms with Gasteiger partial charge in [-0.1, -0.05) is 6.07 Å². The fourth-order valence-corrected chi connectivity index (χ4v) is 3.99. The van der Waals surface area contributed by atoms with E-state index in [-0.39, 0.29) is 0 Å². The number of aromatic nitrogens is 1. The van der Waals surface area contributed by atoms with E-state index in [4.69, 9.17) is 0 Å². The largest absolute Gasteiger partial charge is 0.306 e. The maximum Gasteiger partial charge on any atom is 0.0900 e. The summed E-state index contributed by atoms with van der Waals surface area (Å²) in [6.45, 7) is 8.67. The van der Waals surface area contributed by atoms with Crippen LogP contribution in [0.3, 0.4) is 0 Å². The molecule has 0 aliphatic rings. The Labute approximate surface area is 117 Å². The third-order valence-corrected chi connectivity index (χ3v) is 4.77. The summed E-state index contributed by atoms with van der Waals surface area (Å²) in [6.07, 6.45) is 1.09. The minimum atomic E-state index is 0.324. The molecule has 0 amide bonds. The normalized spacial score (nSPS) is 14.7. The van der Waals surface area contributed by atoms with E-state index in [1.807, 2.05) is 11.3 Å². The molecule has 2 aromatic heterocycles.